The van der Waals surface area contributed by atoms with E-state index in [0.29, 0.717) is 4.38 Å². The third-order valence-electron chi connectivity index (χ3n) is 3.60. The summed E-state index contributed by atoms with van der Waals surface area (Å²) in [6, 6.07) is 0. The zero-order chi connectivity index (χ0) is 14.8. The van der Waals surface area contributed by atoms with Gasteiger partial charge in [0, 0.05) is 12.0 Å². The molecule has 0 saturated heterocycles. The summed E-state index contributed by atoms with van der Waals surface area (Å²) in [7, 11) is 0. The van der Waals surface area contributed by atoms with E-state index >= 15 is 0 Å². The van der Waals surface area contributed by atoms with E-state index in [1.807, 2.05) is 26.8 Å². The van der Waals surface area contributed by atoms with Crippen LogP contribution in [0.15, 0.2) is 23.8 Å². The molecule has 2 rings (SSSR count). The van der Waals surface area contributed by atoms with Gasteiger partial charge in [-0.25, -0.2) is 4.79 Å². The van der Waals surface area contributed by atoms with Crippen LogP contribution in [0, 0.1) is 5.92 Å². The predicted molar refractivity (Wildman–Crippen MR) is 85.7 cm³/mol. The Morgan fingerprint density at radius 3 is 2.80 bits per heavy atom. The number of carbonyl (C=O) groups is 1. The highest BCUT2D eigenvalue weighted by atomic mass is 32.2. The summed E-state index contributed by atoms with van der Waals surface area (Å²) in [5, 5.41) is 0. The second-order valence-corrected chi connectivity index (χ2v) is 7.19. The fourth-order valence-corrected chi connectivity index (χ4v) is 3.57. The van der Waals surface area contributed by atoms with Crippen molar-refractivity contribution >= 4 is 34.3 Å². The molecule has 0 unspecified atom stereocenters. The minimum Gasteiger partial charge on any atom is -0.471 e. The van der Waals surface area contributed by atoms with Crippen molar-refractivity contribution in [1.82, 2.24) is 0 Å². The third kappa shape index (κ3) is 3.09. The van der Waals surface area contributed by atoms with Gasteiger partial charge in [-0.15, -0.1) is 0 Å². The van der Waals surface area contributed by atoms with Gasteiger partial charge in [0.25, 0.3) is 0 Å². The average molecular weight is 312 g/mol. The van der Waals surface area contributed by atoms with Gasteiger partial charge in [0.2, 0.25) is 4.38 Å². The predicted octanol–water partition coefficient (Wildman–Crippen LogP) is 3.64. The van der Waals surface area contributed by atoms with Gasteiger partial charge in [0.05, 0.1) is 0 Å². The van der Waals surface area contributed by atoms with E-state index in [2.05, 4.69) is 6.08 Å². The van der Waals surface area contributed by atoms with Crippen molar-refractivity contribution in [2.24, 2.45) is 5.92 Å². The number of carbonyl (C=O) groups excluding carboxylic acids is 1. The molecule has 3 nitrogen and oxygen atoms in total. The summed E-state index contributed by atoms with van der Waals surface area (Å²) in [5.41, 5.74) is 0.320. The fourth-order valence-electron chi connectivity index (χ4n) is 2.68. The van der Waals surface area contributed by atoms with E-state index in [1.165, 1.54) is 17.8 Å². The van der Waals surface area contributed by atoms with Crippen LogP contribution in [-0.4, -0.2) is 27.8 Å². The van der Waals surface area contributed by atoms with Gasteiger partial charge in [-0.1, -0.05) is 30.3 Å². The van der Waals surface area contributed by atoms with Gasteiger partial charge in [0.1, 0.15) is 6.10 Å². The smallest absolute Gasteiger partial charge is 0.331 e. The number of thiocarbonyl (C=S) groups is 1. The molecule has 0 amide bonds. The first-order chi connectivity index (χ1) is 9.48. The maximum absolute atomic E-state index is 11.9. The number of allylic oxidation sites excluding steroid dienone is 1. The first-order valence-corrected chi connectivity index (χ1v) is 8.28. The van der Waals surface area contributed by atoms with Crippen LogP contribution in [0.4, 0.5) is 0 Å². The molecular formula is C15H20O3S2. The Hall–Kier alpha value is -0.810. The Bertz CT molecular complexity index is 466. The molecule has 0 N–H and O–H groups in total. The molecule has 2 aliphatic rings. The number of ether oxygens (including phenoxy) is 2. The molecule has 0 aliphatic heterocycles. The lowest BCUT2D eigenvalue weighted by molar-refractivity contribution is -0.160. The van der Waals surface area contributed by atoms with Crippen molar-refractivity contribution in [3.63, 3.8) is 0 Å². The number of fused-ring (bicyclic) bond motifs is 1. The largest absolute Gasteiger partial charge is 0.471 e. The van der Waals surface area contributed by atoms with Gasteiger partial charge >= 0.3 is 5.97 Å². The summed E-state index contributed by atoms with van der Waals surface area (Å²) in [6.45, 7) is 5.79. The zero-order valence-corrected chi connectivity index (χ0v) is 13.7. The molecule has 0 radical (unpaired) electrons. The lowest BCUT2D eigenvalue weighted by atomic mass is 9.79. The minimum atomic E-state index is -0.610. The number of hydrogen-bond donors (Lipinski definition) is 0. The van der Waals surface area contributed by atoms with Gasteiger partial charge in [-0.3, -0.25) is 0 Å². The highest BCUT2D eigenvalue weighted by molar-refractivity contribution is 8.22. The van der Waals surface area contributed by atoms with Crippen LogP contribution in [0.1, 0.15) is 33.6 Å². The number of thioether (sulfide) groups is 1. The minimum absolute atomic E-state index is 0.154. The molecule has 5 heteroatoms. The van der Waals surface area contributed by atoms with Crippen LogP contribution < -0.4 is 0 Å². The van der Waals surface area contributed by atoms with Crippen LogP contribution in [0.3, 0.4) is 0 Å². The molecule has 20 heavy (non-hydrogen) atoms. The molecule has 2 aliphatic carbocycles. The van der Waals surface area contributed by atoms with Crippen molar-refractivity contribution in [2.75, 3.05) is 5.75 Å². The molecule has 110 valence electrons. The summed E-state index contributed by atoms with van der Waals surface area (Å²) in [4.78, 5) is 11.9. The Morgan fingerprint density at radius 2 is 2.25 bits per heavy atom. The summed E-state index contributed by atoms with van der Waals surface area (Å²) < 4.78 is 12.1. The molecular weight excluding hydrogens is 292 g/mol. The topological polar surface area (TPSA) is 35.5 Å². The van der Waals surface area contributed by atoms with Crippen LogP contribution in [0.5, 0.6) is 0 Å². The highest BCUT2D eigenvalue weighted by Crippen LogP contribution is 2.49. The molecule has 0 heterocycles. The maximum atomic E-state index is 11.9. The number of rotatable bonds is 4. The van der Waals surface area contributed by atoms with Crippen LogP contribution >= 0.6 is 24.0 Å². The number of hydrogen-bond acceptors (Lipinski definition) is 5. The van der Waals surface area contributed by atoms with Crippen molar-refractivity contribution in [1.29, 1.82) is 0 Å². The molecule has 0 aromatic heterocycles. The van der Waals surface area contributed by atoms with E-state index in [4.69, 9.17) is 21.7 Å². The molecule has 0 spiro atoms. The van der Waals surface area contributed by atoms with Gasteiger partial charge in [-0.05, 0) is 50.7 Å². The highest BCUT2D eigenvalue weighted by Gasteiger charge is 2.57. The van der Waals surface area contributed by atoms with Crippen LogP contribution in [-0.2, 0) is 14.3 Å². The Morgan fingerprint density at radius 1 is 1.50 bits per heavy atom. The molecule has 3 atom stereocenters. The summed E-state index contributed by atoms with van der Waals surface area (Å²) >= 11 is 6.71. The van der Waals surface area contributed by atoms with E-state index in [1.54, 1.807) is 0 Å². The standard InChI is InChI=1S/C15H20O3S2/c1-4-20-14(19)17-12-6-5-11-7-8-15(11,12)18-13(16)9-10(2)3/h7-9,11-12H,4-6H2,1-3H3/t11-,12-,15-/m0/s1. The van der Waals surface area contributed by atoms with Gasteiger partial charge in [-0.2, -0.15) is 0 Å². The first-order valence-electron chi connectivity index (χ1n) is 6.88. The Balaban J connectivity index is 2.06. The zero-order valence-electron chi connectivity index (χ0n) is 12.0. The van der Waals surface area contributed by atoms with E-state index in [-0.39, 0.29) is 18.0 Å². The fraction of sp³-hybridized carbons (Fsp3) is 0.600. The van der Waals surface area contributed by atoms with E-state index < -0.39 is 5.60 Å². The maximum Gasteiger partial charge on any atom is 0.331 e. The van der Waals surface area contributed by atoms with Crippen molar-refractivity contribution in [2.45, 2.75) is 45.3 Å². The van der Waals surface area contributed by atoms with Crippen molar-refractivity contribution < 1.29 is 14.3 Å². The summed E-state index contributed by atoms with van der Waals surface area (Å²) in [6.07, 6.45) is 7.25. The quantitative estimate of drug-likeness (QED) is 0.343. The second kappa shape index (κ2) is 6.31. The Labute approximate surface area is 129 Å². The van der Waals surface area contributed by atoms with Gasteiger partial charge < -0.3 is 9.47 Å². The molecule has 1 saturated carbocycles. The molecule has 0 aromatic rings. The normalized spacial score (nSPS) is 30.1. The first kappa shape index (κ1) is 15.6. The second-order valence-electron chi connectivity index (χ2n) is 5.33. The molecule has 0 bridgehead atoms. The van der Waals surface area contributed by atoms with Crippen LogP contribution in [0.25, 0.3) is 0 Å². The lowest BCUT2D eigenvalue weighted by Crippen LogP contribution is -2.50. The van der Waals surface area contributed by atoms with E-state index in [0.717, 1.165) is 24.2 Å². The summed E-state index contributed by atoms with van der Waals surface area (Å²) in [5.74, 6) is 0.843. The van der Waals surface area contributed by atoms with Gasteiger partial charge in [0.15, 0.2) is 5.60 Å². The van der Waals surface area contributed by atoms with Crippen LogP contribution in [0.2, 0.25) is 0 Å². The van der Waals surface area contributed by atoms with E-state index in [9.17, 15) is 4.79 Å². The lowest BCUT2D eigenvalue weighted by Gasteiger charge is -2.40. The number of esters is 1. The van der Waals surface area contributed by atoms with Crippen molar-refractivity contribution in [3.8, 4) is 0 Å². The molecule has 1 fully saturated rings. The third-order valence-corrected chi connectivity index (χ3v) is 4.67. The SMILES string of the molecule is CCSC(=S)O[C@H]1CC[C@H]2C=C[C@]21OC(=O)C=C(C)C. The Kier molecular flexibility index (Phi) is 4.91. The average Bonchev–Trinajstić information content (AvgIpc) is 2.53. The van der Waals surface area contributed by atoms with Crippen molar-refractivity contribution in [3.05, 3.63) is 23.8 Å². The monoisotopic (exact) mass is 312 g/mol. The molecule has 0 aromatic carbocycles.